The number of rotatable bonds is 10. The minimum Gasteiger partial charge on any atom is -0.480 e. The van der Waals surface area contributed by atoms with Gasteiger partial charge in [-0.3, -0.25) is 9.69 Å². The van der Waals surface area contributed by atoms with Gasteiger partial charge in [-0.25, -0.2) is 0 Å². The monoisotopic (exact) mass is 247 g/mol. The SMILES string of the molecule is CCCCOCC(O)CN(CC(=O)O)C(C)C. The second-order valence-electron chi connectivity index (χ2n) is 4.50. The van der Waals surface area contributed by atoms with Gasteiger partial charge in [0.2, 0.25) is 0 Å². The van der Waals surface area contributed by atoms with Gasteiger partial charge in [0.25, 0.3) is 0 Å². The van der Waals surface area contributed by atoms with E-state index < -0.39 is 12.1 Å². The van der Waals surface area contributed by atoms with Gasteiger partial charge in [0.05, 0.1) is 19.3 Å². The van der Waals surface area contributed by atoms with Crippen molar-refractivity contribution in [3.05, 3.63) is 0 Å². The molecule has 0 aliphatic carbocycles. The average molecular weight is 247 g/mol. The van der Waals surface area contributed by atoms with Crippen LogP contribution in [0.2, 0.25) is 0 Å². The Morgan fingerprint density at radius 2 is 2.06 bits per heavy atom. The highest BCUT2D eigenvalue weighted by Gasteiger charge is 2.17. The summed E-state index contributed by atoms with van der Waals surface area (Å²) in [4.78, 5) is 12.4. The van der Waals surface area contributed by atoms with Crippen LogP contribution in [-0.4, -0.2) is 59.5 Å². The molecule has 1 unspecified atom stereocenters. The van der Waals surface area contributed by atoms with Gasteiger partial charge in [0.1, 0.15) is 0 Å². The first-order chi connectivity index (χ1) is 7.97. The van der Waals surface area contributed by atoms with Crippen molar-refractivity contribution in [3.8, 4) is 0 Å². The second kappa shape index (κ2) is 9.39. The van der Waals surface area contributed by atoms with Crippen LogP contribution in [0.25, 0.3) is 0 Å². The molecule has 0 aliphatic heterocycles. The Morgan fingerprint density at radius 3 is 2.53 bits per heavy atom. The van der Waals surface area contributed by atoms with Crippen LogP contribution in [0.4, 0.5) is 0 Å². The van der Waals surface area contributed by atoms with Gasteiger partial charge >= 0.3 is 5.97 Å². The zero-order valence-corrected chi connectivity index (χ0v) is 11.1. The third-order valence-corrected chi connectivity index (χ3v) is 2.47. The van der Waals surface area contributed by atoms with Gasteiger partial charge in [-0.05, 0) is 20.3 Å². The van der Waals surface area contributed by atoms with Crippen molar-refractivity contribution in [2.45, 2.75) is 45.8 Å². The summed E-state index contributed by atoms with van der Waals surface area (Å²) in [6, 6.07) is 0.0939. The molecule has 0 radical (unpaired) electrons. The molecule has 0 aromatic heterocycles. The number of unbranched alkanes of at least 4 members (excludes halogenated alkanes) is 1. The van der Waals surface area contributed by atoms with Crippen molar-refractivity contribution < 1.29 is 19.7 Å². The Kier molecular flexibility index (Phi) is 9.03. The van der Waals surface area contributed by atoms with Crippen LogP contribution in [0.3, 0.4) is 0 Å². The summed E-state index contributed by atoms with van der Waals surface area (Å²) >= 11 is 0. The van der Waals surface area contributed by atoms with E-state index in [0.717, 1.165) is 12.8 Å². The molecule has 102 valence electrons. The highest BCUT2D eigenvalue weighted by molar-refractivity contribution is 5.69. The lowest BCUT2D eigenvalue weighted by Gasteiger charge is -2.26. The van der Waals surface area contributed by atoms with Crippen molar-refractivity contribution >= 4 is 5.97 Å². The molecule has 0 heterocycles. The number of carboxylic acid groups (broad SMARTS) is 1. The van der Waals surface area contributed by atoms with Crippen LogP contribution in [0, 0.1) is 0 Å². The molecule has 0 bridgehead atoms. The summed E-state index contributed by atoms with van der Waals surface area (Å²) < 4.78 is 5.30. The number of aliphatic hydroxyl groups excluding tert-OH is 1. The zero-order chi connectivity index (χ0) is 13.3. The topological polar surface area (TPSA) is 70.0 Å². The fourth-order valence-electron chi connectivity index (χ4n) is 1.42. The second-order valence-corrected chi connectivity index (χ2v) is 4.50. The van der Waals surface area contributed by atoms with E-state index in [1.807, 2.05) is 13.8 Å². The van der Waals surface area contributed by atoms with Gasteiger partial charge in [-0.2, -0.15) is 0 Å². The van der Waals surface area contributed by atoms with Gasteiger partial charge in [0.15, 0.2) is 0 Å². The van der Waals surface area contributed by atoms with Gasteiger partial charge in [-0.1, -0.05) is 13.3 Å². The lowest BCUT2D eigenvalue weighted by atomic mass is 10.2. The minimum atomic E-state index is -0.877. The fraction of sp³-hybridized carbons (Fsp3) is 0.917. The van der Waals surface area contributed by atoms with E-state index in [9.17, 15) is 9.90 Å². The summed E-state index contributed by atoms with van der Waals surface area (Å²) in [6.45, 7) is 7.09. The number of carbonyl (C=O) groups is 1. The van der Waals surface area contributed by atoms with Crippen LogP contribution in [-0.2, 0) is 9.53 Å². The van der Waals surface area contributed by atoms with Crippen LogP contribution >= 0.6 is 0 Å². The Hall–Kier alpha value is -0.650. The van der Waals surface area contributed by atoms with Crippen LogP contribution in [0.5, 0.6) is 0 Å². The molecule has 0 aliphatic rings. The Bertz CT molecular complexity index is 209. The molecular weight excluding hydrogens is 222 g/mol. The molecule has 0 amide bonds. The fourth-order valence-corrected chi connectivity index (χ4v) is 1.42. The molecule has 5 nitrogen and oxygen atoms in total. The maximum Gasteiger partial charge on any atom is 0.317 e. The molecule has 0 rings (SSSR count). The molecule has 0 saturated heterocycles. The van der Waals surface area contributed by atoms with Crippen molar-refractivity contribution in [2.75, 3.05) is 26.3 Å². The number of carboxylic acids is 1. The Labute approximate surface area is 103 Å². The van der Waals surface area contributed by atoms with Crippen molar-refractivity contribution in [1.29, 1.82) is 0 Å². The highest BCUT2D eigenvalue weighted by atomic mass is 16.5. The average Bonchev–Trinajstić information content (AvgIpc) is 2.22. The van der Waals surface area contributed by atoms with Crippen LogP contribution in [0.15, 0.2) is 0 Å². The normalized spacial score (nSPS) is 13.3. The summed E-state index contributed by atoms with van der Waals surface area (Å²) in [7, 11) is 0. The largest absolute Gasteiger partial charge is 0.480 e. The maximum atomic E-state index is 10.6. The number of nitrogens with zero attached hydrogens (tertiary/aromatic N) is 1. The molecule has 0 fully saturated rings. The molecule has 0 aromatic rings. The predicted molar refractivity (Wildman–Crippen MR) is 66.1 cm³/mol. The number of aliphatic carboxylic acids is 1. The van der Waals surface area contributed by atoms with Crippen molar-refractivity contribution in [3.63, 3.8) is 0 Å². The zero-order valence-electron chi connectivity index (χ0n) is 11.1. The Morgan fingerprint density at radius 1 is 1.41 bits per heavy atom. The summed E-state index contributed by atoms with van der Waals surface area (Å²) in [5, 5.41) is 18.5. The standard InChI is InChI=1S/C12H25NO4/c1-4-5-6-17-9-11(14)7-13(10(2)3)8-12(15)16/h10-11,14H,4-9H2,1-3H3,(H,15,16). The number of aliphatic hydroxyl groups is 1. The summed E-state index contributed by atoms with van der Waals surface area (Å²) in [5.74, 6) is -0.877. The quantitative estimate of drug-likeness (QED) is 0.563. The van der Waals surface area contributed by atoms with E-state index in [-0.39, 0.29) is 19.2 Å². The molecule has 0 saturated carbocycles. The minimum absolute atomic E-state index is 0.0519. The first kappa shape index (κ1) is 16.4. The molecule has 2 N–H and O–H groups in total. The highest BCUT2D eigenvalue weighted by Crippen LogP contribution is 2.01. The molecule has 1 atom stereocenters. The van der Waals surface area contributed by atoms with Crippen molar-refractivity contribution in [2.24, 2.45) is 0 Å². The van der Waals surface area contributed by atoms with E-state index >= 15 is 0 Å². The maximum absolute atomic E-state index is 10.6. The molecular formula is C12H25NO4. The molecule has 0 spiro atoms. The van der Waals surface area contributed by atoms with Crippen LogP contribution < -0.4 is 0 Å². The number of hydrogen-bond donors (Lipinski definition) is 2. The molecule has 17 heavy (non-hydrogen) atoms. The first-order valence-electron chi connectivity index (χ1n) is 6.19. The predicted octanol–water partition coefficient (Wildman–Crippen LogP) is 0.959. The lowest BCUT2D eigenvalue weighted by Crippen LogP contribution is -2.42. The van der Waals surface area contributed by atoms with Gasteiger partial charge < -0.3 is 14.9 Å². The van der Waals surface area contributed by atoms with E-state index in [1.54, 1.807) is 4.90 Å². The number of ether oxygens (including phenoxy) is 1. The van der Waals surface area contributed by atoms with Crippen LogP contribution in [0.1, 0.15) is 33.6 Å². The van der Waals surface area contributed by atoms with E-state index in [1.165, 1.54) is 0 Å². The van der Waals surface area contributed by atoms with Crippen molar-refractivity contribution in [1.82, 2.24) is 4.90 Å². The van der Waals surface area contributed by atoms with Gasteiger partial charge in [-0.15, -0.1) is 0 Å². The smallest absolute Gasteiger partial charge is 0.317 e. The molecule has 5 heteroatoms. The Balaban J connectivity index is 3.87. The summed E-state index contributed by atoms with van der Waals surface area (Å²) in [6.07, 6.45) is 1.41. The van der Waals surface area contributed by atoms with E-state index in [4.69, 9.17) is 9.84 Å². The third-order valence-electron chi connectivity index (χ3n) is 2.47. The molecule has 0 aromatic carbocycles. The summed E-state index contributed by atoms with van der Waals surface area (Å²) in [5.41, 5.74) is 0. The first-order valence-corrected chi connectivity index (χ1v) is 6.19. The van der Waals surface area contributed by atoms with Gasteiger partial charge in [0, 0.05) is 19.2 Å². The number of hydrogen-bond acceptors (Lipinski definition) is 4. The van der Waals surface area contributed by atoms with E-state index in [0.29, 0.717) is 13.2 Å². The lowest BCUT2D eigenvalue weighted by molar-refractivity contribution is -0.139. The third kappa shape index (κ3) is 9.09. The van der Waals surface area contributed by atoms with E-state index in [2.05, 4.69) is 6.92 Å².